The maximum Gasteiger partial charge on any atom is 0.348 e. The molecule has 0 saturated carbocycles. The standard InChI is InChI=1S/C17H16ClNO6S/c1-23-14-8-7-11(9-12(14)18)26(21,22)19-10-16(17(20)24-2)25-15-6-4-3-5-13(15)19/h3-9,16H,10H2,1-2H3/t16-/m1/s1. The van der Waals surface area contributed by atoms with Crippen LogP contribution in [0.2, 0.25) is 5.02 Å². The third-order valence-electron chi connectivity index (χ3n) is 3.91. The van der Waals surface area contributed by atoms with Crippen LogP contribution in [0.5, 0.6) is 11.5 Å². The molecule has 0 aromatic heterocycles. The fourth-order valence-electron chi connectivity index (χ4n) is 2.62. The summed E-state index contributed by atoms with van der Waals surface area (Å²) in [5.74, 6) is -0.0229. The van der Waals surface area contributed by atoms with Crippen LogP contribution in [0.25, 0.3) is 0 Å². The van der Waals surface area contributed by atoms with Gasteiger partial charge in [0.05, 0.1) is 36.4 Å². The number of nitrogens with zero attached hydrogens (tertiary/aromatic N) is 1. The van der Waals surface area contributed by atoms with Gasteiger partial charge in [-0.2, -0.15) is 0 Å². The minimum Gasteiger partial charge on any atom is -0.495 e. The fraction of sp³-hybridized carbons (Fsp3) is 0.235. The molecule has 138 valence electrons. The van der Waals surface area contributed by atoms with Crippen LogP contribution in [0.4, 0.5) is 5.69 Å². The van der Waals surface area contributed by atoms with E-state index in [1.165, 1.54) is 32.4 Å². The van der Waals surface area contributed by atoms with Crippen LogP contribution in [-0.2, 0) is 19.6 Å². The average molecular weight is 398 g/mol. The van der Waals surface area contributed by atoms with E-state index in [0.717, 1.165) is 4.31 Å². The van der Waals surface area contributed by atoms with Crippen molar-refractivity contribution in [3.8, 4) is 11.5 Å². The lowest BCUT2D eigenvalue weighted by atomic mass is 10.2. The molecule has 2 aromatic rings. The Morgan fingerprint density at radius 1 is 1.23 bits per heavy atom. The van der Waals surface area contributed by atoms with Crippen molar-refractivity contribution in [2.45, 2.75) is 11.0 Å². The molecule has 0 bridgehead atoms. The van der Waals surface area contributed by atoms with Crippen molar-refractivity contribution in [1.82, 2.24) is 0 Å². The van der Waals surface area contributed by atoms with E-state index < -0.39 is 22.1 Å². The fourth-order valence-corrected chi connectivity index (χ4v) is 4.44. The number of esters is 1. The van der Waals surface area contributed by atoms with E-state index in [0.29, 0.717) is 11.4 Å². The number of para-hydroxylation sites is 2. The minimum atomic E-state index is -3.99. The van der Waals surface area contributed by atoms with Crippen molar-refractivity contribution in [2.75, 3.05) is 25.1 Å². The van der Waals surface area contributed by atoms with Gasteiger partial charge in [0.2, 0.25) is 6.10 Å². The summed E-state index contributed by atoms with van der Waals surface area (Å²) in [6.07, 6.45) is -1.07. The van der Waals surface area contributed by atoms with Gasteiger partial charge in [0.1, 0.15) is 11.5 Å². The van der Waals surface area contributed by atoms with Crippen LogP contribution in [-0.4, -0.2) is 41.3 Å². The molecule has 0 fully saturated rings. The first-order chi connectivity index (χ1) is 12.4. The van der Waals surface area contributed by atoms with Gasteiger partial charge in [0.25, 0.3) is 10.0 Å². The Balaban J connectivity index is 2.08. The quantitative estimate of drug-likeness (QED) is 0.737. The second-order valence-corrected chi connectivity index (χ2v) is 7.70. The van der Waals surface area contributed by atoms with Crippen LogP contribution in [0.1, 0.15) is 0 Å². The van der Waals surface area contributed by atoms with E-state index in [-0.39, 0.29) is 22.2 Å². The average Bonchev–Trinajstić information content (AvgIpc) is 2.66. The number of fused-ring (bicyclic) bond motifs is 1. The maximum atomic E-state index is 13.2. The first-order valence-corrected chi connectivity index (χ1v) is 9.40. The molecule has 1 atom stereocenters. The molecule has 1 aliphatic rings. The van der Waals surface area contributed by atoms with Crippen molar-refractivity contribution in [3.05, 3.63) is 47.5 Å². The van der Waals surface area contributed by atoms with Crippen LogP contribution in [0, 0.1) is 0 Å². The highest BCUT2D eigenvalue weighted by atomic mass is 35.5. The Bertz CT molecular complexity index is 946. The summed E-state index contributed by atoms with van der Waals surface area (Å²) in [5.41, 5.74) is 0.333. The number of halogens is 1. The number of ether oxygens (including phenoxy) is 3. The minimum absolute atomic E-state index is 0.0244. The van der Waals surface area contributed by atoms with Gasteiger partial charge in [0.15, 0.2) is 0 Å². The van der Waals surface area contributed by atoms with Crippen LogP contribution in [0.3, 0.4) is 0 Å². The van der Waals surface area contributed by atoms with E-state index in [9.17, 15) is 13.2 Å². The van der Waals surface area contributed by atoms with E-state index >= 15 is 0 Å². The Hall–Kier alpha value is -2.45. The molecule has 3 rings (SSSR count). The third kappa shape index (κ3) is 3.17. The molecule has 0 aliphatic carbocycles. The number of hydrogen-bond donors (Lipinski definition) is 0. The molecular weight excluding hydrogens is 382 g/mol. The maximum absolute atomic E-state index is 13.2. The van der Waals surface area contributed by atoms with Gasteiger partial charge >= 0.3 is 5.97 Å². The van der Waals surface area contributed by atoms with Gasteiger partial charge in [-0.25, -0.2) is 13.2 Å². The Morgan fingerprint density at radius 3 is 2.62 bits per heavy atom. The summed E-state index contributed by atoms with van der Waals surface area (Å²) >= 11 is 6.07. The van der Waals surface area contributed by atoms with Gasteiger partial charge < -0.3 is 14.2 Å². The van der Waals surface area contributed by atoms with Crippen molar-refractivity contribution in [1.29, 1.82) is 0 Å². The first-order valence-electron chi connectivity index (χ1n) is 7.58. The van der Waals surface area contributed by atoms with E-state index in [1.54, 1.807) is 24.3 Å². The molecule has 0 unspecified atom stereocenters. The molecule has 0 N–H and O–H groups in total. The Kier molecular flexibility index (Phi) is 4.97. The Labute approximate surface area is 156 Å². The van der Waals surface area contributed by atoms with Gasteiger partial charge in [-0.1, -0.05) is 23.7 Å². The molecular formula is C17H16ClNO6S. The number of hydrogen-bond acceptors (Lipinski definition) is 6. The molecule has 2 aromatic carbocycles. The van der Waals surface area contributed by atoms with Gasteiger partial charge in [-0.3, -0.25) is 4.31 Å². The number of rotatable bonds is 4. The predicted octanol–water partition coefficient (Wildman–Crippen LogP) is 2.48. The summed E-state index contributed by atoms with van der Waals surface area (Å²) in [7, 11) is -1.34. The summed E-state index contributed by atoms with van der Waals surface area (Å²) in [5, 5.41) is 0.166. The lowest BCUT2D eigenvalue weighted by Gasteiger charge is -2.34. The summed E-state index contributed by atoms with van der Waals surface area (Å²) in [6, 6.07) is 10.7. The van der Waals surface area contributed by atoms with E-state index in [4.69, 9.17) is 25.8 Å². The zero-order valence-corrected chi connectivity index (χ0v) is 15.6. The summed E-state index contributed by atoms with van der Waals surface area (Å²) in [4.78, 5) is 11.9. The summed E-state index contributed by atoms with van der Waals surface area (Å²) in [6.45, 7) is -0.213. The predicted molar refractivity (Wildman–Crippen MR) is 95.4 cm³/mol. The van der Waals surface area contributed by atoms with Crippen molar-refractivity contribution in [2.24, 2.45) is 0 Å². The number of benzene rings is 2. The highest BCUT2D eigenvalue weighted by Crippen LogP contribution is 2.38. The number of sulfonamides is 1. The topological polar surface area (TPSA) is 82.1 Å². The molecule has 0 amide bonds. The van der Waals surface area contributed by atoms with Crippen LogP contribution >= 0.6 is 11.6 Å². The molecule has 0 saturated heterocycles. The SMILES string of the molecule is COC(=O)[C@H]1CN(S(=O)(=O)c2ccc(OC)c(Cl)c2)c2ccccc2O1. The van der Waals surface area contributed by atoms with E-state index in [1.807, 2.05) is 0 Å². The zero-order chi connectivity index (χ0) is 18.9. The van der Waals surface area contributed by atoms with Gasteiger partial charge in [-0.15, -0.1) is 0 Å². The molecule has 26 heavy (non-hydrogen) atoms. The van der Waals surface area contributed by atoms with Gasteiger partial charge in [-0.05, 0) is 30.3 Å². The van der Waals surface area contributed by atoms with Crippen molar-refractivity contribution in [3.63, 3.8) is 0 Å². The number of carbonyl (C=O) groups is 1. The van der Waals surface area contributed by atoms with Gasteiger partial charge in [0, 0.05) is 0 Å². The highest BCUT2D eigenvalue weighted by Gasteiger charge is 2.38. The number of methoxy groups -OCH3 is 2. The smallest absolute Gasteiger partial charge is 0.348 e. The molecule has 0 radical (unpaired) electrons. The molecule has 1 aliphatic heterocycles. The highest BCUT2D eigenvalue weighted by molar-refractivity contribution is 7.92. The second-order valence-electron chi connectivity index (χ2n) is 5.43. The van der Waals surface area contributed by atoms with E-state index in [2.05, 4.69) is 0 Å². The van der Waals surface area contributed by atoms with Crippen molar-refractivity contribution < 1.29 is 27.4 Å². The molecule has 1 heterocycles. The first kappa shape index (κ1) is 18.3. The van der Waals surface area contributed by atoms with Crippen molar-refractivity contribution >= 4 is 33.3 Å². The molecule has 9 heteroatoms. The summed E-state index contributed by atoms with van der Waals surface area (Å²) < 4.78 is 42.8. The molecule has 7 nitrogen and oxygen atoms in total. The zero-order valence-electron chi connectivity index (χ0n) is 14.0. The number of carbonyl (C=O) groups excluding carboxylic acids is 1. The van der Waals surface area contributed by atoms with Crippen LogP contribution in [0.15, 0.2) is 47.4 Å². The lowest BCUT2D eigenvalue weighted by molar-refractivity contribution is -0.148. The number of anilines is 1. The monoisotopic (exact) mass is 397 g/mol. The normalized spacial score (nSPS) is 16.4. The Morgan fingerprint density at radius 2 is 1.96 bits per heavy atom. The molecule has 0 spiro atoms. The second kappa shape index (κ2) is 7.05. The third-order valence-corrected chi connectivity index (χ3v) is 5.98. The largest absolute Gasteiger partial charge is 0.495 e. The lowest BCUT2D eigenvalue weighted by Crippen LogP contribution is -2.47. The van der Waals surface area contributed by atoms with Crippen LogP contribution < -0.4 is 13.8 Å².